The van der Waals surface area contributed by atoms with Crippen LogP contribution in [-0.4, -0.2) is 46.9 Å². The quantitative estimate of drug-likeness (QED) is 0.850. The highest BCUT2D eigenvalue weighted by atomic mass is 16.4. The Balaban J connectivity index is 1.59. The summed E-state index contributed by atoms with van der Waals surface area (Å²) in [5.41, 5.74) is 2.78. The Morgan fingerprint density at radius 1 is 1.04 bits per heavy atom. The van der Waals surface area contributed by atoms with Crippen LogP contribution in [0.3, 0.4) is 0 Å². The molecule has 2 aliphatic rings. The maximum atomic E-state index is 12.9. The number of carbonyl (C=O) groups is 3. The molecule has 2 fully saturated rings. The van der Waals surface area contributed by atoms with Crippen LogP contribution < -0.4 is 5.32 Å². The number of aryl methyl sites for hydroxylation is 2. The predicted octanol–water partition coefficient (Wildman–Crippen LogP) is 2.53. The minimum atomic E-state index is -0.783. The third kappa shape index (κ3) is 4.67. The van der Waals surface area contributed by atoms with Crippen molar-refractivity contribution in [3.63, 3.8) is 0 Å². The highest BCUT2D eigenvalue weighted by Crippen LogP contribution is 2.27. The first-order valence-electron chi connectivity index (χ1n) is 9.74. The molecule has 1 aromatic carbocycles. The summed E-state index contributed by atoms with van der Waals surface area (Å²) in [5, 5.41) is 12.1. The van der Waals surface area contributed by atoms with Gasteiger partial charge in [-0.05, 0) is 58.1 Å². The highest BCUT2D eigenvalue weighted by Gasteiger charge is 2.34. The molecule has 146 valence electrons. The molecule has 1 heterocycles. The number of hydrogen-bond donors (Lipinski definition) is 2. The van der Waals surface area contributed by atoms with E-state index in [-0.39, 0.29) is 29.7 Å². The Morgan fingerprint density at radius 3 is 2.37 bits per heavy atom. The molecular weight excluding hydrogens is 344 g/mol. The van der Waals surface area contributed by atoms with Crippen LogP contribution in [0.5, 0.6) is 0 Å². The van der Waals surface area contributed by atoms with E-state index in [2.05, 4.69) is 5.32 Å². The lowest BCUT2D eigenvalue weighted by Crippen LogP contribution is -2.47. The van der Waals surface area contributed by atoms with Crippen molar-refractivity contribution < 1.29 is 19.5 Å². The van der Waals surface area contributed by atoms with Crippen LogP contribution in [0.4, 0.5) is 0 Å². The lowest BCUT2D eigenvalue weighted by molar-refractivity contribution is -0.141. The molecule has 6 heteroatoms. The summed E-state index contributed by atoms with van der Waals surface area (Å²) < 4.78 is 0. The summed E-state index contributed by atoms with van der Waals surface area (Å²) in [6, 6.07) is 5.76. The van der Waals surface area contributed by atoms with Gasteiger partial charge in [0.1, 0.15) is 0 Å². The van der Waals surface area contributed by atoms with Gasteiger partial charge in [0, 0.05) is 24.7 Å². The summed E-state index contributed by atoms with van der Waals surface area (Å²) in [4.78, 5) is 38.4. The van der Waals surface area contributed by atoms with Crippen molar-refractivity contribution in [2.24, 2.45) is 11.8 Å². The Hall–Kier alpha value is -2.37. The van der Waals surface area contributed by atoms with Gasteiger partial charge in [0.05, 0.1) is 11.8 Å². The second-order valence-corrected chi connectivity index (χ2v) is 8.02. The van der Waals surface area contributed by atoms with E-state index in [9.17, 15) is 14.4 Å². The number of carbonyl (C=O) groups excluding carboxylic acids is 2. The Bertz CT molecular complexity index is 725. The van der Waals surface area contributed by atoms with Crippen LogP contribution >= 0.6 is 0 Å². The number of carboxylic acid groups (broad SMARTS) is 1. The molecule has 6 nitrogen and oxygen atoms in total. The van der Waals surface area contributed by atoms with Crippen LogP contribution in [0.25, 0.3) is 0 Å². The van der Waals surface area contributed by atoms with Crippen molar-refractivity contribution in [2.45, 2.75) is 52.0 Å². The molecule has 0 aromatic heterocycles. The van der Waals surface area contributed by atoms with Crippen LogP contribution in [0.15, 0.2) is 18.2 Å². The molecule has 1 saturated carbocycles. The Morgan fingerprint density at radius 2 is 1.74 bits per heavy atom. The molecule has 0 bridgehead atoms. The summed E-state index contributed by atoms with van der Waals surface area (Å²) in [6.07, 6.45) is 3.39. The number of likely N-dealkylation sites (tertiary alicyclic amines) is 1. The van der Waals surface area contributed by atoms with Crippen LogP contribution in [0.2, 0.25) is 0 Å². The third-order valence-electron chi connectivity index (χ3n) is 5.68. The highest BCUT2D eigenvalue weighted by molar-refractivity contribution is 5.95. The smallest absolute Gasteiger partial charge is 0.306 e. The molecule has 1 aliphatic carbocycles. The molecule has 1 aromatic rings. The zero-order chi connectivity index (χ0) is 19.6. The van der Waals surface area contributed by atoms with Crippen molar-refractivity contribution in [3.05, 3.63) is 34.9 Å². The lowest BCUT2D eigenvalue weighted by Gasteiger charge is -2.33. The molecule has 2 N–H and O–H groups in total. The minimum Gasteiger partial charge on any atom is -0.481 e. The summed E-state index contributed by atoms with van der Waals surface area (Å²) in [5.74, 6) is -1.44. The molecule has 3 rings (SSSR count). The van der Waals surface area contributed by atoms with Gasteiger partial charge in [0.25, 0.3) is 5.91 Å². The molecule has 1 unspecified atom stereocenters. The second-order valence-electron chi connectivity index (χ2n) is 8.02. The van der Waals surface area contributed by atoms with Gasteiger partial charge in [-0.25, -0.2) is 0 Å². The molecule has 0 spiro atoms. The summed E-state index contributed by atoms with van der Waals surface area (Å²) in [7, 11) is 0. The van der Waals surface area contributed by atoms with E-state index in [4.69, 9.17) is 5.11 Å². The number of hydrogen-bond acceptors (Lipinski definition) is 3. The molecule has 2 amide bonds. The van der Waals surface area contributed by atoms with Gasteiger partial charge >= 0.3 is 5.97 Å². The lowest BCUT2D eigenvalue weighted by atomic mass is 9.95. The van der Waals surface area contributed by atoms with Crippen molar-refractivity contribution in [1.82, 2.24) is 10.2 Å². The number of nitrogens with zero attached hydrogens (tertiary/aromatic N) is 1. The molecule has 27 heavy (non-hydrogen) atoms. The van der Waals surface area contributed by atoms with E-state index < -0.39 is 5.97 Å². The van der Waals surface area contributed by atoms with Crippen LogP contribution in [-0.2, 0) is 9.59 Å². The first-order valence-corrected chi connectivity index (χ1v) is 9.74. The monoisotopic (exact) mass is 372 g/mol. The zero-order valence-electron chi connectivity index (χ0n) is 16.0. The number of carboxylic acids is 1. The minimum absolute atomic E-state index is 0.0221. The number of piperidine rings is 1. The standard InChI is InChI=1S/C21H28N2O4/c1-13-8-14(2)10-17(9-13)20(25)23-7-3-4-16(12-23)19(24)22-18-6-5-15(11-18)21(26)27/h8-10,15-16,18H,3-7,11-12H2,1-2H3,(H,22,24)(H,26,27)/t15-,16?,18+/m1/s1. The van der Waals surface area contributed by atoms with Crippen molar-refractivity contribution in [3.8, 4) is 0 Å². The SMILES string of the molecule is Cc1cc(C)cc(C(=O)N2CCCC(C(=O)N[C@H]3CC[C@@H](C(=O)O)C3)C2)c1. The largest absolute Gasteiger partial charge is 0.481 e. The van der Waals surface area contributed by atoms with Gasteiger partial charge in [-0.3, -0.25) is 14.4 Å². The average Bonchev–Trinajstić information content (AvgIpc) is 3.09. The maximum Gasteiger partial charge on any atom is 0.306 e. The zero-order valence-corrected chi connectivity index (χ0v) is 16.0. The molecule has 1 saturated heterocycles. The fraction of sp³-hybridized carbons (Fsp3) is 0.571. The van der Waals surface area contributed by atoms with E-state index >= 15 is 0 Å². The third-order valence-corrected chi connectivity index (χ3v) is 5.68. The molecule has 1 aliphatic heterocycles. The van der Waals surface area contributed by atoms with Crippen molar-refractivity contribution in [2.75, 3.05) is 13.1 Å². The first kappa shape index (κ1) is 19.4. The van der Waals surface area contributed by atoms with Crippen LogP contribution in [0.1, 0.15) is 53.6 Å². The predicted molar refractivity (Wildman–Crippen MR) is 101 cm³/mol. The number of nitrogens with one attached hydrogen (secondary N) is 1. The number of amides is 2. The average molecular weight is 372 g/mol. The normalized spacial score (nSPS) is 25.3. The Labute approximate surface area is 159 Å². The van der Waals surface area contributed by atoms with Crippen molar-refractivity contribution >= 4 is 17.8 Å². The second kappa shape index (κ2) is 8.11. The van der Waals surface area contributed by atoms with Gasteiger partial charge in [0.2, 0.25) is 5.91 Å². The van der Waals surface area contributed by atoms with Gasteiger partial charge in [-0.1, -0.05) is 17.2 Å². The van der Waals surface area contributed by atoms with E-state index in [1.165, 1.54) is 0 Å². The molecule has 3 atom stereocenters. The van der Waals surface area contributed by atoms with Crippen molar-refractivity contribution in [1.29, 1.82) is 0 Å². The number of aliphatic carboxylic acids is 1. The summed E-state index contributed by atoms with van der Waals surface area (Å²) in [6.45, 7) is 5.04. The number of benzene rings is 1. The number of rotatable bonds is 4. The van der Waals surface area contributed by atoms with Gasteiger partial charge in [0.15, 0.2) is 0 Å². The fourth-order valence-electron chi connectivity index (χ4n) is 4.31. The molecular formula is C21H28N2O4. The van der Waals surface area contributed by atoms with E-state index in [0.29, 0.717) is 37.9 Å². The van der Waals surface area contributed by atoms with Gasteiger partial charge in [-0.2, -0.15) is 0 Å². The fourth-order valence-corrected chi connectivity index (χ4v) is 4.31. The van der Waals surface area contributed by atoms with E-state index in [1.807, 2.05) is 32.0 Å². The van der Waals surface area contributed by atoms with Gasteiger partial charge < -0.3 is 15.3 Å². The topological polar surface area (TPSA) is 86.7 Å². The van der Waals surface area contributed by atoms with E-state index in [1.54, 1.807) is 4.90 Å². The van der Waals surface area contributed by atoms with Crippen LogP contribution in [0, 0.1) is 25.7 Å². The molecule has 0 radical (unpaired) electrons. The van der Waals surface area contributed by atoms with E-state index in [0.717, 1.165) is 24.0 Å². The summed E-state index contributed by atoms with van der Waals surface area (Å²) >= 11 is 0. The maximum absolute atomic E-state index is 12.9. The Kier molecular flexibility index (Phi) is 5.82. The first-order chi connectivity index (χ1) is 12.8. The van der Waals surface area contributed by atoms with Gasteiger partial charge in [-0.15, -0.1) is 0 Å².